The van der Waals surface area contributed by atoms with Crippen LogP contribution in [-0.4, -0.2) is 23.5 Å². The highest BCUT2D eigenvalue weighted by Gasteiger charge is 2.49. The second-order valence-corrected chi connectivity index (χ2v) is 11.6. The Bertz CT molecular complexity index is 1670. The van der Waals surface area contributed by atoms with E-state index in [0.29, 0.717) is 74.5 Å². The zero-order valence-corrected chi connectivity index (χ0v) is 22.8. The summed E-state index contributed by atoms with van der Waals surface area (Å²) in [5.41, 5.74) is 21.4. The summed E-state index contributed by atoms with van der Waals surface area (Å²) in [4.78, 5) is 39.6. The number of nitrogens with one attached hydrogen (secondary N) is 1. The Hall–Kier alpha value is -4.05. The van der Waals surface area contributed by atoms with Crippen molar-refractivity contribution in [2.45, 2.75) is 50.2 Å². The van der Waals surface area contributed by atoms with Gasteiger partial charge in [0.05, 0.1) is 15.6 Å². The van der Waals surface area contributed by atoms with Gasteiger partial charge in [-0.2, -0.15) is 0 Å². The molecule has 0 radical (unpaired) electrons. The van der Waals surface area contributed by atoms with Gasteiger partial charge in [0.15, 0.2) is 5.78 Å². The van der Waals surface area contributed by atoms with Gasteiger partial charge >= 0.3 is 0 Å². The maximum absolute atomic E-state index is 14.1. The van der Waals surface area contributed by atoms with Gasteiger partial charge in [-0.05, 0) is 66.8 Å². The smallest absolute Gasteiger partial charge is 0.261 e. The van der Waals surface area contributed by atoms with E-state index in [1.165, 1.54) is 11.3 Å². The van der Waals surface area contributed by atoms with Crippen LogP contribution >= 0.6 is 11.3 Å². The zero-order valence-electron chi connectivity index (χ0n) is 22.0. The molecule has 1 aromatic heterocycles. The zero-order chi connectivity index (χ0) is 28.2. The topological polar surface area (TPSA) is 151 Å². The van der Waals surface area contributed by atoms with Gasteiger partial charge in [0.1, 0.15) is 22.8 Å². The van der Waals surface area contributed by atoms with E-state index in [2.05, 4.69) is 5.32 Å². The summed E-state index contributed by atoms with van der Waals surface area (Å²) in [6.07, 6.45) is 2.09. The Morgan fingerprint density at radius 2 is 1.70 bits per heavy atom. The van der Waals surface area contributed by atoms with Crippen molar-refractivity contribution in [2.75, 3.05) is 5.73 Å². The lowest BCUT2D eigenvalue weighted by atomic mass is 9.69. The van der Waals surface area contributed by atoms with Gasteiger partial charge in [0.2, 0.25) is 0 Å². The van der Waals surface area contributed by atoms with Crippen LogP contribution in [0.1, 0.15) is 63.7 Å². The second-order valence-electron chi connectivity index (χ2n) is 10.6. The van der Waals surface area contributed by atoms with E-state index in [-0.39, 0.29) is 17.7 Å². The molecule has 8 nitrogen and oxygen atoms in total. The molecule has 0 bridgehead atoms. The molecule has 3 aromatic carbocycles. The third-order valence-electron chi connectivity index (χ3n) is 8.00. The third-order valence-corrected chi connectivity index (χ3v) is 9.25. The van der Waals surface area contributed by atoms with Crippen LogP contribution in [0.3, 0.4) is 0 Å². The summed E-state index contributed by atoms with van der Waals surface area (Å²) in [5.74, 6) is 0.808. The van der Waals surface area contributed by atoms with E-state index >= 15 is 0 Å². The van der Waals surface area contributed by atoms with Crippen molar-refractivity contribution in [3.8, 4) is 11.5 Å². The first kappa shape index (κ1) is 26.2. The van der Waals surface area contributed by atoms with Crippen LogP contribution in [0.5, 0.6) is 11.5 Å². The number of ketones is 2. The van der Waals surface area contributed by atoms with Crippen LogP contribution in [0.25, 0.3) is 10.1 Å². The van der Waals surface area contributed by atoms with Crippen LogP contribution in [0.2, 0.25) is 0 Å². The lowest BCUT2D eigenvalue weighted by Crippen LogP contribution is -2.53. The maximum Gasteiger partial charge on any atom is 0.261 e. The number of aryl methyl sites for hydroxylation is 1. The van der Waals surface area contributed by atoms with Crippen LogP contribution < -0.4 is 27.3 Å². The van der Waals surface area contributed by atoms with Crippen molar-refractivity contribution in [3.63, 3.8) is 0 Å². The van der Waals surface area contributed by atoms with Gasteiger partial charge in [-0.15, -0.1) is 11.3 Å². The number of thiophene rings is 1. The molecule has 4 aromatic rings. The minimum absolute atomic E-state index is 0.109. The number of para-hydroxylation sites is 1. The first-order valence-corrected chi connectivity index (χ1v) is 14.1. The molecule has 2 aliphatic rings. The highest BCUT2D eigenvalue weighted by molar-refractivity contribution is 7.21. The molecule has 6 rings (SSSR count). The molecule has 9 heteroatoms. The number of ether oxygens (including phenoxy) is 1. The molecule has 40 heavy (non-hydrogen) atoms. The van der Waals surface area contributed by atoms with Gasteiger partial charge in [-0.25, -0.2) is 0 Å². The number of hydrogen-bond acceptors (Lipinski definition) is 8. The Morgan fingerprint density at radius 1 is 1.00 bits per heavy atom. The lowest BCUT2D eigenvalue weighted by molar-refractivity contribution is -0.124. The Balaban J connectivity index is 1.43. The lowest BCUT2D eigenvalue weighted by Gasteiger charge is -2.37. The van der Waals surface area contributed by atoms with Gasteiger partial charge < -0.3 is 27.3 Å². The van der Waals surface area contributed by atoms with Gasteiger partial charge in [0, 0.05) is 35.5 Å². The van der Waals surface area contributed by atoms with Crippen LogP contribution in [0.4, 0.5) is 5.69 Å². The average Bonchev–Trinajstić information content (AvgIpc) is 3.35. The number of Topliss-reactive ketones (excluding diaryl/α,β-unsaturated/α-hetero) is 2. The molecule has 204 valence electrons. The summed E-state index contributed by atoms with van der Waals surface area (Å²) >= 11 is 1.22. The molecule has 0 spiro atoms. The molecular weight excluding hydrogens is 524 g/mol. The number of carbonyl (C=O) groups is 3. The summed E-state index contributed by atoms with van der Waals surface area (Å²) in [7, 11) is 0. The van der Waals surface area contributed by atoms with E-state index in [1.54, 1.807) is 24.3 Å². The fourth-order valence-corrected chi connectivity index (χ4v) is 7.13. The number of anilines is 1. The van der Waals surface area contributed by atoms with Gasteiger partial charge in [0.25, 0.3) is 5.91 Å². The minimum Gasteiger partial charge on any atom is -0.457 e. The quantitative estimate of drug-likeness (QED) is 0.263. The van der Waals surface area contributed by atoms with Crippen molar-refractivity contribution in [1.29, 1.82) is 0 Å². The van der Waals surface area contributed by atoms with E-state index in [4.69, 9.17) is 21.9 Å². The van der Waals surface area contributed by atoms with Gasteiger partial charge in [-0.3, -0.25) is 14.4 Å². The van der Waals surface area contributed by atoms with E-state index in [0.717, 1.165) is 5.56 Å². The monoisotopic (exact) mass is 554 g/mol. The molecule has 0 saturated heterocycles. The molecule has 7 N–H and O–H groups in total. The molecule has 2 aliphatic carbocycles. The normalized spacial score (nSPS) is 21.0. The van der Waals surface area contributed by atoms with E-state index in [1.807, 2.05) is 43.3 Å². The first-order chi connectivity index (χ1) is 19.2. The van der Waals surface area contributed by atoms with Crippen molar-refractivity contribution in [1.82, 2.24) is 5.32 Å². The van der Waals surface area contributed by atoms with Crippen molar-refractivity contribution < 1.29 is 19.1 Å². The molecular formula is C31H30N4O4S. The molecule has 0 aliphatic heterocycles. The Morgan fingerprint density at radius 3 is 2.40 bits per heavy atom. The molecule has 2 atom stereocenters. The number of nitrogen functional groups attached to an aromatic ring is 1. The first-order valence-electron chi connectivity index (χ1n) is 13.3. The minimum atomic E-state index is -1.55. The second kappa shape index (κ2) is 9.85. The maximum atomic E-state index is 14.1. The number of amides is 1. The standard InChI is InChI=1S/C31H30N4O4S/c1-16-15-20(39-19-5-3-2-4-6-19)11-12-21(16)31(34)22-13-14-23(32)27-24(22)25(26(33)29(31)37)28(40-27)30(38)35-17-7-9-18(36)10-8-17/h2-6,11-15,17,26H,7-10,32-34H2,1H3,(H,35,38). The van der Waals surface area contributed by atoms with E-state index in [9.17, 15) is 14.4 Å². The van der Waals surface area contributed by atoms with Crippen molar-refractivity contribution >= 4 is 44.6 Å². The molecule has 2 unspecified atom stereocenters. The Labute approximate surface area is 235 Å². The Kier molecular flexibility index (Phi) is 6.45. The third kappa shape index (κ3) is 4.18. The fourth-order valence-electron chi connectivity index (χ4n) is 5.93. The van der Waals surface area contributed by atoms with Crippen LogP contribution in [0, 0.1) is 6.92 Å². The number of rotatable bonds is 5. The number of carbonyl (C=O) groups excluding carboxylic acids is 3. The molecule has 1 saturated carbocycles. The van der Waals surface area contributed by atoms with Crippen molar-refractivity contribution in [2.24, 2.45) is 11.5 Å². The van der Waals surface area contributed by atoms with E-state index < -0.39 is 17.4 Å². The summed E-state index contributed by atoms with van der Waals surface area (Å²) in [6.45, 7) is 1.88. The fraction of sp³-hybridized carbons (Fsp3) is 0.258. The summed E-state index contributed by atoms with van der Waals surface area (Å²) < 4.78 is 6.66. The number of benzene rings is 3. The van der Waals surface area contributed by atoms with Gasteiger partial charge in [-0.1, -0.05) is 30.3 Å². The predicted octanol–water partition coefficient (Wildman–Crippen LogP) is 4.61. The summed E-state index contributed by atoms with van der Waals surface area (Å²) in [5, 5.41) is 3.70. The molecule has 1 amide bonds. The highest BCUT2D eigenvalue weighted by atomic mass is 32.1. The number of hydrogen-bond donors (Lipinski definition) is 4. The van der Waals surface area contributed by atoms with Crippen LogP contribution in [0.15, 0.2) is 60.7 Å². The predicted molar refractivity (Wildman–Crippen MR) is 156 cm³/mol. The molecule has 1 heterocycles. The largest absolute Gasteiger partial charge is 0.457 e. The van der Waals surface area contributed by atoms with Crippen LogP contribution in [-0.2, 0) is 15.1 Å². The SMILES string of the molecule is Cc1cc(Oc2ccccc2)ccc1C1(N)C(=O)C(N)c2c(C(=O)NC3CCC(=O)CC3)sc3c(N)ccc1c23. The summed E-state index contributed by atoms with van der Waals surface area (Å²) in [6, 6.07) is 17.1. The number of nitrogens with two attached hydrogens (primary N) is 3. The average molecular weight is 555 g/mol. The highest BCUT2D eigenvalue weighted by Crippen LogP contribution is 2.50. The molecule has 1 fully saturated rings. The van der Waals surface area contributed by atoms with Crippen molar-refractivity contribution in [3.05, 3.63) is 87.8 Å².